The van der Waals surface area contributed by atoms with E-state index in [0.29, 0.717) is 6.61 Å². The number of benzene rings is 2. The molecule has 0 amide bonds. The van der Waals surface area contributed by atoms with Gasteiger partial charge in [-0.15, -0.1) is 0 Å². The third kappa shape index (κ3) is 4.12. The molecule has 2 rings (SSSR count). The van der Waals surface area contributed by atoms with E-state index in [9.17, 15) is 8.42 Å². The van der Waals surface area contributed by atoms with E-state index in [0.717, 1.165) is 11.1 Å². The van der Waals surface area contributed by atoms with Gasteiger partial charge in [0.05, 0.1) is 11.5 Å². The lowest BCUT2D eigenvalue weighted by Gasteiger charge is -2.07. The zero-order valence-corrected chi connectivity index (χ0v) is 13.3. The van der Waals surface area contributed by atoms with Crippen molar-refractivity contribution in [3.63, 3.8) is 0 Å². The molecule has 0 aliphatic heterocycles. The van der Waals surface area contributed by atoms with E-state index in [2.05, 4.69) is 0 Å². The molecule has 0 atom stereocenters. The van der Waals surface area contributed by atoms with Gasteiger partial charge in [-0.3, -0.25) is 0 Å². The van der Waals surface area contributed by atoms with Crippen LogP contribution in [0.15, 0.2) is 59.5 Å². The summed E-state index contributed by atoms with van der Waals surface area (Å²) in [5.74, 6) is -0.263. The molecular weight excluding hydrogens is 304 g/mol. The number of sulfone groups is 1. The predicted molar refractivity (Wildman–Crippen MR) is 88.2 cm³/mol. The molecule has 21 heavy (non-hydrogen) atoms. The standard InChI is InChI=1S/C16H16O3S2/c1-2-19-16(20)12-21(17,18)15-10-8-14(9-11-15)13-6-4-3-5-7-13/h3-11H,2,12H2,1H3. The van der Waals surface area contributed by atoms with Crippen molar-refractivity contribution in [1.82, 2.24) is 0 Å². The molecule has 0 saturated heterocycles. The van der Waals surface area contributed by atoms with Gasteiger partial charge in [-0.2, -0.15) is 0 Å². The molecule has 0 saturated carbocycles. The smallest absolute Gasteiger partial charge is 0.186 e. The Labute approximate surface area is 130 Å². The maximum Gasteiger partial charge on any atom is 0.186 e. The van der Waals surface area contributed by atoms with Crippen molar-refractivity contribution >= 4 is 27.1 Å². The molecule has 0 N–H and O–H groups in total. The monoisotopic (exact) mass is 320 g/mol. The average molecular weight is 320 g/mol. The second-order valence-corrected chi connectivity index (χ2v) is 6.90. The molecule has 3 nitrogen and oxygen atoms in total. The number of hydrogen-bond donors (Lipinski definition) is 0. The Hall–Kier alpha value is -1.72. The van der Waals surface area contributed by atoms with Crippen LogP contribution in [0.4, 0.5) is 0 Å². The molecular formula is C16H16O3S2. The molecule has 0 bridgehead atoms. The van der Waals surface area contributed by atoms with Crippen LogP contribution in [-0.4, -0.2) is 25.8 Å². The van der Waals surface area contributed by atoms with Gasteiger partial charge in [0.1, 0.15) is 5.75 Å². The van der Waals surface area contributed by atoms with Gasteiger partial charge in [0.25, 0.3) is 0 Å². The van der Waals surface area contributed by atoms with Crippen molar-refractivity contribution in [2.75, 3.05) is 12.4 Å². The first-order chi connectivity index (χ1) is 10.0. The quantitative estimate of drug-likeness (QED) is 0.791. The molecule has 0 aliphatic rings. The summed E-state index contributed by atoms with van der Waals surface area (Å²) in [5.41, 5.74) is 2.02. The van der Waals surface area contributed by atoms with Crippen LogP contribution >= 0.6 is 12.2 Å². The SMILES string of the molecule is CCOC(=S)CS(=O)(=O)c1ccc(-c2ccccc2)cc1. The highest BCUT2D eigenvalue weighted by Gasteiger charge is 2.17. The Morgan fingerprint density at radius 3 is 2.14 bits per heavy atom. The van der Waals surface area contributed by atoms with Crippen molar-refractivity contribution in [2.45, 2.75) is 11.8 Å². The van der Waals surface area contributed by atoms with Crippen LogP contribution in [0.25, 0.3) is 11.1 Å². The van der Waals surface area contributed by atoms with Crippen molar-refractivity contribution in [3.8, 4) is 11.1 Å². The van der Waals surface area contributed by atoms with Crippen molar-refractivity contribution < 1.29 is 13.2 Å². The highest BCUT2D eigenvalue weighted by Crippen LogP contribution is 2.21. The zero-order chi connectivity index (χ0) is 15.3. The van der Waals surface area contributed by atoms with E-state index in [1.807, 2.05) is 30.3 Å². The summed E-state index contributed by atoms with van der Waals surface area (Å²) >= 11 is 4.90. The van der Waals surface area contributed by atoms with Gasteiger partial charge in [-0.1, -0.05) is 42.5 Å². The summed E-state index contributed by atoms with van der Waals surface area (Å²) in [6.07, 6.45) is 0. The lowest BCUT2D eigenvalue weighted by atomic mass is 10.1. The first-order valence-electron chi connectivity index (χ1n) is 6.57. The Bertz CT molecular complexity index is 705. The molecule has 0 aliphatic carbocycles. The number of rotatable bonds is 5. The molecule has 2 aromatic carbocycles. The minimum Gasteiger partial charge on any atom is -0.486 e. The summed E-state index contributed by atoms with van der Waals surface area (Å²) in [5, 5.41) is 0.102. The first-order valence-corrected chi connectivity index (χ1v) is 8.63. The maximum absolute atomic E-state index is 12.2. The van der Waals surface area contributed by atoms with Crippen LogP contribution in [0.1, 0.15) is 6.92 Å². The Morgan fingerprint density at radius 2 is 1.57 bits per heavy atom. The fourth-order valence-electron chi connectivity index (χ4n) is 1.93. The normalized spacial score (nSPS) is 11.1. The van der Waals surface area contributed by atoms with Crippen LogP contribution in [-0.2, 0) is 14.6 Å². The molecule has 0 radical (unpaired) electrons. The number of ether oxygens (including phenoxy) is 1. The van der Waals surface area contributed by atoms with Crippen LogP contribution in [0.2, 0.25) is 0 Å². The molecule has 0 spiro atoms. The second kappa shape index (κ2) is 6.83. The zero-order valence-electron chi connectivity index (χ0n) is 11.7. The summed E-state index contributed by atoms with van der Waals surface area (Å²) in [6.45, 7) is 2.15. The van der Waals surface area contributed by atoms with Gasteiger partial charge in [0.15, 0.2) is 14.9 Å². The summed E-state index contributed by atoms with van der Waals surface area (Å²) in [4.78, 5) is 0.254. The average Bonchev–Trinajstić information content (AvgIpc) is 2.48. The number of thiocarbonyl (C=S) groups is 1. The Kier molecular flexibility index (Phi) is 5.09. The van der Waals surface area contributed by atoms with E-state index in [-0.39, 0.29) is 15.7 Å². The minimum absolute atomic E-state index is 0.102. The minimum atomic E-state index is -3.45. The van der Waals surface area contributed by atoms with Crippen LogP contribution in [0.5, 0.6) is 0 Å². The van der Waals surface area contributed by atoms with Crippen LogP contribution < -0.4 is 0 Å². The lowest BCUT2D eigenvalue weighted by molar-refractivity contribution is 0.334. The lowest BCUT2D eigenvalue weighted by Crippen LogP contribution is -2.17. The largest absolute Gasteiger partial charge is 0.486 e. The number of hydrogen-bond acceptors (Lipinski definition) is 4. The third-order valence-corrected chi connectivity index (χ3v) is 5.01. The Morgan fingerprint density at radius 1 is 1.00 bits per heavy atom. The molecule has 5 heteroatoms. The van der Waals surface area contributed by atoms with E-state index >= 15 is 0 Å². The molecule has 2 aromatic rings. The highest BCUT2D eigenvalue weighted by atomic mass is 32.2. The van der Waals surface area contributed by atoms with Gasteiger partial charge in [-0.25, -0.2) is 8.42 Å². The van der Waals surface area contributed by atoms with E-state index < -0.39 is 9.84 Å². The van der Waals surface area contributed by atoms with Gasteiger partial charge in [0.2, 0.25) is 0 Å². The van der Waals surface area contributed by atoms with Gasteiger partial charge in [-0.05, 0) is 42.4 Å². The predicted octanol–water partition coefficient (Wildman–Crippen LogP) is 3.49. The third-order valence-electron chi connectivity index (χ3n) is 2.93. The fraction of sp³-hybridized carbons (Fsp3) is 0.188. The fourth-order valence-corrected chi connectivity index (χ4v) is 3.62. The topological polar surface area (TPSA) is 43.4 Å². The van der Waals surface area contributed by atoms with Crippen molar-refractivity contribution in [2.24, 2.45) is 0 Å². The molecule has 0 heterocycles. The van der Waals surface area contributed by atoms with Crippen LogP contribution in [0.3, 0.4) is 0 Å². The van der Waals surface area contributed by atoms with E-state index in [1.54, 1.807) is 31.2 Å². The second-order valence-electron chi connectivity index (χ2n) is 4.45. The highest BCUT2D eigenvalue weighted by molar-refractivity contribution is 7.93. The maximum atomic E-state index is 12.2. The van der Waals surface area contributed by atoms with E-state index in [4.69, 9.17) is 17.0 Å². The molecule has 0 fully saturated rings. The van der Waals surface area contributed by atoms with E-state index in [1.165, 1.54) is 0 Å². The summed E-state index contributed by atoms with van der Waals surface area (Å²) in [6, 6.07) is 16.6. The summed E-state index contributed by atoms with van der Waals surface area (Å²) in [7, 11) is -3.45. The molecule has 0 aromatic heterocycles. The van der Waals surface area contributed by atoms with Crippen molar-refractivity contribution in [1.29, 1.82) is 0 Å². The van der Waals surface area contributed by atoms with Gasteiger partial charge >= 0.3 is 0 Å². The first kappa shape index (κ1) is 15.7. The molecule has 0 unspecified atom stereocenters. The van der Waals surface area contributed by atoms with Crippen molar-refractivity contribution in [3.05, 3.63) is 54.6 Å². The van der Waals surface area contributed by atoms with Crippen LogP contribution in [0, 0.1) is 0 Å². The van der Waals surface area contributed by atoms with Gasteiger partial charge in [0, 0.05) is 0 Å². The molecule has 110 valence electrons. The summed E-state index contributed by atoms with van der Waals surface area (Å²) < 4.78 is 29.4. The van der Waals surface area contributed by atoms with Gasteiger partial charge < -0.3 is 4.74 Å². The Balaban J connectivity index is 2.21.